The number of hydrogen-bond acceptors (Lipinski definition) is 4. The molecule has 0 bridgehead atoms. The Balaban J connectivity index is 2.90. The number of carbonyl (C=O) groups excluding carboxylic acids is 1. The van der Waals surface area contributed by atoms with Crippen molar-refractivity contribution in [1.29, 1.82) is 0 Å². The van der Waals surface area contributed by atoms with Gasteiger partial charge >= 0.3 is 5.97 Å². The minimum Gasteiger partial charge on any atom is -0.480 e. The number of rotatable bonds is 4. The van der Waals surface area contributed by atoms with Crippen LogP contribution in [0.4, 0.5) is 0 Å². The highest BCUT2D eigenvalue weighted by Crippen LogP contribution is 2.10. The Morgan fingerprint density at radius 1 is 1.44 bits per heavy atom. The molecule has 98 valence electrons. The molecule has 18 heavy (non-hydrogen) atoms. The average Bonchev–Trinajstić information content (AvgIpc) is 2.23. The monoisotopic (exact) mass is 272 g/mol. The Kier molecular flexibility index (Phi) is 4.63. The highest BCUT2D eigenvalue weighted by Gasteiger charge is 2.25. The molecule has 0 aliphatic heterocycles. The maximum atomic E-state index is 11.8. The lowest BCUT2D eigenvalue weighted by atomic mass is 10.1. The SMILES string of the molecule is Cc1cc(C(=O)N[C@H](C(=O)O)[C@@H](C)O)cc(Cl)n1. The number of carboxylic acids is 1. The summed E-state index contributed by atoms with van der Waals surface area (Å²) in [5.74, 6) is -1.94. The van der Waals surface area contributed by atoms with Crippen LogP contribution in [0, 0.1) is 6.92 Å². The molecule has 0 unspecified atom stereocenters. The van der Waals surface area contributed by atoms with E-state index in [9.17, 15) is 14.7 Å². The number of carbonyl (C=O) groups is 2. The largest absolute Gasteiger partial charge is 0.480 e. The standard InChI is InChI=1S/C11H13ClN2O4/c1-5-3-7(4-8(12)13-5)10(16)14-9(6(2)15)11(17)18/h3-4,6,9,15H,1-2H3,(H,14,16)(H,17,18)/t6-,9+/m1/s1. The quantitative estimate of drug-likeness (QED) is 0.697. The Morgan fingerprint density at radius 3 is 2.50 bits per heavy atom. The van der Waals surface area contributed by atoms with E-state index < -0.39 is 24.0 Å². The molecule has 6 nitrogen and oxygen atoms in total. The van der Waals surface area contributed by atoms with Crippen molar-refractivity contribution in [2.24, 2.45) is 0 Å². The van der Waals surface area contributed by atoms with E-state index in [-0.39, 0.29) is 10.7 Å². The number of carboxylic acid groups (broad SMARTS) is 1. The fourth-order valence-electron chi connectivity index (χ4n) is 1.37. The van der Waals surface area contributed by atoms with Crippen LogP contribution in [0.15, 0.2) is 12.1 Å². The normalized spacial score (nSPS) is 13.8. The van der Waals surface area contributed by atoms with Gasteiger partial charge in [0.05, 0.1) is 6.10 Å². The van der Waals surface area contributed by atoms with Crippen molar-refractivity contribution < 1.29 is 19.8 Å². The number of amides is 1. The predicted molar refractivity (Wildman–Crippen MR) is 64.6 cm³/mol. The third kappa shape index (κ3) is 3.68. The fraction of sp³-hybridized carbons (Fsp3) is 0.364. The third-order valence-corrected chi connectivity index (χ3v) is 2.41. The molecule has 0 saturated heterocycles. The summed E-state index contributed by atoms with van der Waals surface area (Å²) in [5, 5.41) is 20.4. The molecule has 0 radical (unpaired) electrons. The van der Waals surface area contributed by atoms with Crippen molar-refractivity contribution >= 4 is 23.5 Å². The lowest BCUT2D eigenvalue weighted by molar-refractivity contribution is -0.141. The second-order valence-electron chi connectivity index (χ2n) is 3.85. The smallest absolute Gasteiger partial charge is 0.328 e. The minimum atomic E-state index is -1.37. The van der Waals surface area contributed by atoms with Crippen LogP contribution in [0.25, 0.3) is 0 Å². The Hall–Kier alpha value is -1.66. The summed E-state index contributed by atoms with van der Waals surface area (Å²) >= 11 is 5.70. The molecule has 1 rings (SSSR count). The van der Waals surface area contributed by atoms with E-state index in [0.29, 0.717) is 5.69 Å². The Labute approximate surface area is 109 Å². The number of nitrogens with one attached hydrogen (secondary N) is 1. The van der Waals surface area contributed by atoms with E-state index in [0.717, 1.165) is 0 Å². The number of halogens is 1. The molecular formula is C11H13ClN2O4. The van der Waals surface area contributed by atoms with Crippen molar-refractivity contribution in [3.8, 4) is 0 Å². The summed E-state index contributed by atoms with van der Waals surface area (Å²) in [6.45, 7) is 2.94. The van der Waals surface area contributed by atoms with Gasteiger partial charge < -0.3 is 15.5 Å². The average molecular weight is 273 g/mol. The van der Waals surface area contributed by atoms with Gasteiger partial charge in [0, 0.05) is 11.3 Å². The summed E-state index contributed by atoms with van der Waals surface area (Å²) in [5.41, 5.74) is 0.732. The van der Waals surface area contributed by atoms with Gasteiger partial charge in [0.15, 0.2) is 6.04 Å². The number of aromatic nitrogens is 1. The van der Waals surface area contributed by atoms with Crippen LogP contribution in [-0.2, 0) is 4.79 Å². The Bertz CT molecular complexity index is 456. The first kappa shape index (κ1) is 14.4. The summed E-state index contributed by atoms with van der Waals surface area (Å²) in [4.78, 5) is 26.5. The van der Waals surface area contributed by atoms with Gasteiger partial charge in [-0.3, -0.25) is 4.79 Å². The predicted octanol–water partition coefficient (Wildman–Crippen LogP) is 0.607. The van der Waals surface area contributed by atoms with E-state index in [1.54, 1.807) is 6.92 Å². The number of pyridine rings is 1. The van der Waals surface area contributed by atoms with Crippen LogP contribution in [0.1, 0.15) is 23.0 Å². The topological polar surface area (TPSA) is 99.5 Å². The highest BCUT2D eigenvalue weighted by molar-refractivity contribution is 6.29. The molecule has 0 aromatic carbocycles. The number of nitrogens with zero attached hydrogens (tertiary/aromatic N) is 1. The summed E-state index contributed by atoms with van der Waals surface area (Å²) in [6.07, 6.45) is -1.20. The molecular weight excluding hydrogens is 260 g/mol. The number of hydrogen-bond donors (Lipinski definition) is 3. The zero-order valence-corrected chi connectivity index (χ0v) is 10.6. The van der Waals surface area contributed by atoms with Crippen LogP contribution in [0.3, 0.4) is 0 Å². The van der Waals surface area contributed by atoms with Gasteiger partial charge in [-0.05, 0) is 26.0 Å². The zero-order valence-electron chi connectivity index (χ0n) is 9.85. The van der Waals surface area contributed by atoms with Gasteiger partial charge in [0.1, 0.15) is 5.15 Å². The van der Waals surface area contributed by atoms with Crippen LogP contribution in [0.5, 0.6) is 0 Å². The van der Waals surface area contributed by atoms with E-state index in [4.69, 9.17) is 16.7 Å². The van der Waals surface area contributed by atoms with Crippen molar-refractivity contribution in [1.82, 2.24) is 10.3 Å². The molecule has 0 saturated carbocycles. The highest BCUT2D eigenvalue weighted by atomic mass is 35.5. The van der Waals surface area contributed by atoms with Gasteiger partial charge in [-0.1, -0.05) is 11.6 Å². The van der Waals surface area contributed by atoms with Crippen molar-refractivity contribution in [3.05, 3.63) is 28.5 Å². The molecule has 0 aliphatic rings. The molecule has 3 N–H and O–H groups in total. The van der Waals surface area contributed by atoms with E-state index in [1.807, 2.05) is 0 Å². The molecule has 2 atom stereocenters. The Morgan fingerprint density at radius 2 is 2.06 bits per heavy atom. The number of aliphatic carboxylic acids is 1. The molecule has 1 aromatic rings. The van der Waals surface area contributed by atoms with Gasteiger partial charge in [0.2, 0.25) is 0 Å². The van der Waals surface area contributed by atoms with Crippen LogP contribution in [-0.4, -0.2) is 39.2 Å². The van der Waals surface area contributed by atoms with Crippen LogP contribution >= 0.6 is 11.6 Å². The first-order chi connectivity index (χ1) is 8.31. The second-order valence-corrected chi connectivity index (χ2v) is 4.24. The van der Waals surface area contributed by atoms with Gasteiger partial charge in [-0.2, -0.15) is 0 Å². The van der Waals surface area contributed by atoms with E-state index in [1.165, 1.54) is 19.1 Å². The third-order valence-electron chi connectivity index (χ3n) is 2.22. The molecule has 0 fully saturated rings. The van der Waals surface area contributed by atoms with E-state index in [2.05, 4.69) is 10.3 Å². The first-order valence-electron chi connectivity index (χ1n) is 5.17. The minimum absolute atomic E-state index is 0.143. The van der Waals surface area contributed by atoms with Gasteiger partial charge in [-0.25, -0.2) is 9.78 Å². The molecule has 1 amide bonds. The van der Waals surface area contributed by atoms with Gasteiger partial charge in [-0.15, -0.1) is 0 Å². The lowest BCUT2D eigenvalue weighted by Gasteiger charge is -2.17. The molecule has 7 heteroatoms. The first-order valence-corrected chi connectivity index (χ1v) is 5.55. The number of aliphatic hydroxyl groups excluding tert-OH is 1. The molecule has 0 aliphatic carbocycles. The second kappa shape index (κ2) is 5.79. The number of aliphatic hydroxyl groups is 1. The zero-order chi connectivity index (χ0) is 13.9. The van der Waals surface area contributed by atoms with Crippen molar-refractivity contribution in [2.45, 2.75) is 26.0 Å². The number of aryl methyl sites for hydroxylation is 1. The summed E-state index contributed by atoms with van der Waals surface area (Å²) in [6, 6.07) is 1.43. The van der Waals surface area contributed by atoms with Crippen LogP contribution < -0.4 is 5.32 Å². The van der Waals surface area contributed by atoms with Crippen LogP contribution in [0.2, 0.25) is 5.15 Å². The summed E-state index contributed by atoms with van der Waals surface area (Å²) in [7, 11) is 0. The molecule has 1 heterocycles. The van der Waals surface area contributed by atoms with E-state index >= 15 is 0 Å². The summed E-state index contributed by atoms with van der Waals surface area (Å²) < 4.78 is 0. The maximum absolute atomic E-state index is 11.8. The maximum Gasteiger partial charge on any atom is 0.328 e. The van der Waals surface area contributed by atoms with Crippen molar-refractivity contribution in [2.75, 3.05) is 0 Å². The molecule has 1 aromatic heterocycles. The fourth-order valence-corrected chi connectivity index (χ4v) is 1.62. The van der Waals surface area contributed by atoms with Gasteiger partial charge in [0.25, 0.3) is 5.91 Å². The van der Waals surface area contributed by atoms with Crippen molar-refractivity contribution in [3.63, 3.8) is 0 Å². The lowest BCUT2D eigenvalue weighted by Crippen LogP contribution is -2.47. The molecule has 0 spiro atoms.